The normalized spacial score (nSPS) is 19.4. The van der Waals surface area contributed by atoms with Gasteiger partial charge in [0.2, 0.25) is 15.9 Å². The van der Waals surface area contributed by atoms with E-state index in [1.807, 2.05) is 48.9 Å². The predicted molar refractivity (Wildman–Crippen MR) is 99.4 cm³/mol. The maximum atomic E-state index is 12.6. The molecule has 0 spiro atoms. The number of carbonyl (C=O) groups excluding carboxylic acids is 1. The third kappa shape index (κ3) is 3.81. The summed E-state index contributed by atoms with van der Waals surface area (Å²) in [4.78, 5) is 16.8. The molecule has 0 radical (unpaired) electrons. The van der Waals surface area contributed by atoms with Crippen LogP contribution < -0.4 is 5.32 Å². The summed E-state index contributed by atoms with van der Waals surface area (Å²) in [6, 6.07) is 7.06. The topological polar surface area (TPSA) is 84.3 Å². The fraction of sp³-hybridized carbons (Fsp3) is 0.444. The Morgan fingerprint density at radius 2 is 2.00 bits per heavy atom. The summed E-state index contributed by atoms with van der Waals surface area (Å²) >= 11 is 0. The molecule has 1 N–H and O–H groups in total. The molecule has 2 atom stereocenters. The Labute approximate surface area is 154 Å². The Balaban J connectivity index is 1.69. The minimum Gasteiger partial charge on any atom is -0.348 e. The number of hydrogen-bond donors (Lipinski definition) is 1. The number of imidazole rings is 1. The van der Waals surface area contributed by atoms with Gasteiger partial charge in [-0.25, -0.2) is 13.4 Å². The first-order chi connectivity index (χ1) is 12.3. The smallest absolute Gasteiger partial charge is 0.238 e. The van der Waals surface area contributed by atoms with E-state index in [1.54, 1.807) is 6.20 Å². The lowest BCUT2D eigenvalue weighted by atomic mass is 10.1. The molecule has 1 aliphatic rings. The third-order valence-electron chi connectivity index (χ3n) is 4.79. The summed E-state index contributed by atoms with van der Waals surface area (Å²) < 4.78 is 26.9. The molecule has 3 rings (SSSR count). The van der Waals surface area contributed by atoms with Crippen LogP contribution in [0.2, 0.25) is 0 Å². The highest BCUT2D eigenvalue weighted by atomic mass is 32.2. The number of carbonyl (C=O) groups is 1. The van der Waals surface area contributed by atoms with Gasteiger partial charge in [0, 0.05) is 24.6 Å². The van der Waals surface area contributed by atoms with Gasteiger partial charge < -0.3 is 9.88 Å². The molecule has 1 fully saturated rings. The molecule has 0 bridgehead atoms. The second-order valence-corrected chi connectivity index (χ2v) is 8.63. The second kappa shape index (κ2) is 7.20. The lowest BCUT2D eigenvalue weighted by Crippen LogP contribution is -2.46. The molecule has 1 amide bonds. The van der Waals surface area contributed by atoms with E-state index in [-0.39, 0.29) is 11.9 Å². The van der Waals surface area contributed by atoms with Crippen molar-refractivity contribution in [3.05, 3.63) is 48.0 Å². The Morgan fingerprint density at radius 3 is 2.58 bits per heavy atom. The van der Waals surface area contributed by atoms with Crippen molar-refractivity contribution in [2.24, 2.45) is 0 Å². The van der Waals surface area contributed by atoms with E-state index < -0.39 is 16.1 Å². The van der Waals surface area contributed by atoms with Gasteiger partial charge in [-0.15, -0.1) is 0 Å². The van der Waals surface area contributed by atoms with Crippen molar-refractivity contribution in [2.75, 3.05) is 12.8 Å². The molecule has 0 unspecified atom stereocenters. The molecular weight excluding hydrogens is 352 g/mol. The molecule has 0 saturated carbocycles. The molecule has 26 heavy (non-hydrogen) atoms. The molecule has 2 heterocycles. The summed E-state index contributed by atoms with van der Waals surface area (Å²) in [7, 11) is -3.37. The first kappa shape index (κ1) is 18.6. The molecule has 1 aliphatic heterocycles. The zero-order valence-corrected chi connectivity index (χ0v) is 16.0. The van der Waals surface area contributed by atoms with Gasteiger partial charge in [0.25, 0.3) is 0 Å². The number of nitrogens with one attached hydrogen (secondary N) is 1. The minimum atomic E-state index is -3.37. The van der Waals surface area contributed by atoms with Crippen LogP contribution in [0.15, 0.2) is 36.7 Å². The second-order valence-electron chi connectivity index (χ2n) is 6.70. The number of hydrogen-bond acceptors (Lipinski definition) is 4. The number of nitrogens with zero attached hydrogens (tertiary/aromatic N) is 3. The van der Waals surface area contributed by atoms with Crippen molar-refractivity contribution < 1.29 is 13.2 Å². The third-order valence-corrected chi connectivity index (χ3v) is 6.08. The van der Waals surface area contributed by atoms with E-state index in [0.717, 1.165) is 23.3 Å². The maximum Gasteiger partial charge on any atom is 0.238 e. The monoisotopic (exact) mass is 376 g/mol. The highest BCUT2D eigenvalue weighted by Crippen LogP contribution is 2.22. The molecule has 8 heteroatoms. The van der Waals surface area contributed by atoms with Gasteiger partial charge in [-0.05, 0) is 44.4 Å². The van der Waals surface area contributed by atoms with E-state index in [4.69, 9.17) is 0 Å². The van der Waals surface area contributed by atoms with Crippen LogP contribution in [0.4, 0.5) is 0 Å². The van der Waals surface area contributed by atoms with E-state index in [2.05, 4.69) is 10.3 Å². The van der Waals surface area contributed by atoms with E-state index in [1.165, 1.54) is 4.31 Å². The summed E-state index contributed by atoms with van der Waals surface area (Å²) in [5, 5.41) is 2.94. The average Bonchev–Trinajstić information content (AvgIpc) is 3.23. The van der Waals surface area contributed by atoms with Gasteiger partial charge in [-0.3, -0.25) is 4.79 Å². The van der Waals surface area contributed by atoms with Crippen LogP contribution in [0.3, 0.4) is 0 Å². The zero-order valence-electron chi connectivity index (χ0n) is 15.2. The van der Waals surface area contributed by atoms with Crippen LogP contribution in [0.25, 0.3) is 5.69 Å². The highest BCUT2D eigenvalue weighted by molar-refractivity contribution is 7.88. The van der Waals surface area contributed by atoms with Gasteiger partial charge >= 0.3 is 0 Å². The average molecular weight is 376 g/mol. The van der Waals surface area contributed by atoms with Crippen molar-refractivity contribution in [3.63, 3.8) is 0 Å². The molecule has 1 aromatic heterocycles. The van der Waals surface area contributed by atoms with Crippen LogP contribution in [-0.4, -0.2) is 47.0 Å². The Morgan fingerprint density at radius 1 is 1.31 bits per heavy atom. The van der Waals surface area contributed by atoms with Crippen molar-refractivity contribution in [1.82, 2.24) is 19.2 Å². The lowest BCUT2D eigenvalue weighted by Gasteiger charge is -2.23. The summed E-state index contributed by atoms with van der Waals surface area (Å²) in [5.41, 5.74) is 1.96. The Kier molecular flexibility index (Phi) is 5.15. The maximum absolute atomic E-state index is 12.6. The highest BCUT2D eigenvalue weighted by Gasteiger charge is 2.36. The van der Waals surface area contributed by atoms with Gasteiger partial charge in [0.1, 0.15) is 11.9 Å². The predicted octanol–water partition coefficient (Wildman–Crippen LogP) is 1.78. The quantitative estimate of drug-likeness (QED) is 0.862. The fourth-order valence-corrected chi connectivity index (χ4v) is 4.49. The summed E-state index contributed by atoms with van der Waals surface area (Å²) in [6.45, 7) is 4.24. The number of amides is 1. The van der Waals surface area contributed by atoms with Crippen molar-refractivity contribution >= 4 is 15.9 Å². The van der Waals surface area contributed by atoms with E-state index >= 15 is 0 Å². The number of aryl methyl sites for hydroxylation is 1. The SMILES string of the molecule is Cc1nccn1-c1ccc([C@H](C)NC(=O)[C@@H]2CCCN2S(C)(=O)=O)cc1. The van der Waals surface area contributed by atoms with Gasteiger partial charge in [0.15, 0.2) is 0 Å². The standard InChI is InChI=1S/C18H24N4O3S/c1-13(20-18(23)17-5-4-11-22(17)26(3,24)25)15-6-8-16(9-7-15)21-12-10-19-14(21)2/h6-10,12-13,17H,4-5,11H2,1-3H3,(H,20,23)/t13-,17-/m0/s1. The van der Waals surface area contributed by atoms with Gasteiger partial charge in [-0.1, -0.05) is 12.1 Å². The molecule has 0 aliphatic carbocycles. The van der Waals surface area contributed by atoms with Crippen LogP contribution in [-0.2, 0) is 14.8 Å². The number of aromatic nitrogens is 2. The largest absolute Gasteiger partial charge is 0.348 e. The van der Waals surface area contributed by atoms with Crippen LogP contribution in [0.5, 0.6) is 0 Å². The molecular formula is C18H24N4O3S. The zero-order chi connectivity index (χ0) is 18.9. The van der Waals surface area contributed by atoms with Crippen molar-refractivity contribution in [2.45, 2.75) is 38.8 Å². The molecule has 1 aromatic carbocycles. The number of rotatable bonds is 5. The molecule has 7 nitrogen and oxygen atoms in total. The van der Waals surface area contributed by atoms with Crippen LogP contribution >= 0.6 is 0 Å². The molecule has 140 valence electrons. The van der Waals surface area contributed by atoms with Gasteiger partial charge in [-0.2, -0.15) is 4.31 Å². The van der Waals surface area contributed by atoms with Crippen LogP contribution in [0, 0.1) is 6.92 Å². The van der Waals surface area contributed by atoms with Crippen LogP contribution in [0.1, 0.15) is 37.2 Å². The van der Waals surface area contributed by atoms with Crippen molar-refractivity contribution in [3.8, 4) is 5.69 Å². The fourth-order valence-electron chi connectivity index (χ4n) is 3.37. The lowest BCUT2D eigenvalue weighted by molar-refractivity contribution is -0.124. The summed E-state index contributed by atoms with van der Waals surface area (Å²) in [6.07, 6.45) is 6.07. The minimum absolute atomic E-state index is 0.206. The number of sulfonamides is 1. The molecule has 2 aromatic rings. The first-order valence-electron chi connectivity index (χ1n) is 8.65. The Bertz CT molecular complexity index is 889. The summed E-state index contributed by atoms with van der Waals surface area (Å²) in [5.74, 6) is 0.663. The van der Waals surface area contributed by atoms with Crippen molar-refractivity contribution in [1.29, 1.82) is 0 Å². The van der Waals surface area contributed by atoms with Gasteiger partial charge in [0.05, 0.1) is 12.3 Å². The van der Waals surface area contributed by atoms with E-state index in [0.29, 0.717) is 19.4 Å². The Hall–Kier alpha value is -2.19. The van der Waals surface area contributed by atoms with E-state index in [9.17, 15) is 13.2 Å². The first-order valence-corrected chi connectivity index (χ1v) is 10.5. The number of benzene rings is 1. The molecule has 1 saturated heterocycles.